The molecule has 4 nitrogen and oxygen atoms in total. The van der Waals surface area contributed by atoms with E-state index < -0.39 is 0 Å². The number of benzene rings is 2. The molecule has 0 atom stereocenters. The summed E-state index contributed by atoms with van der Waals surface area (Å²) in [6.45, 7) is 4.33. The summed E-state index contributed by atoms with van der Waals surface area (Å²) in [5.41, 5.74) is 3.76. The number of hydrogen-bond donors (Lipinski definition) is 2. The number of carbonyl (C=O) groups is 1. The third kappa shape index (κ3) is 2.91. The molecule has 1 aliphatic rings. The molecule has 114 valence electrons. The molecule has 2 aromatic carbocycles. The summed E-state index contributed by atoms with van der Waals surface area (Å²) in [7, 11) is 0. The van der Waals surface area contributed by atoms with Gasteiger partial charge in [0.2, 0.25) is 0 Å². The van der Waals surface area contributed by atoms with Crippen molar-refractivity contribution < 1.29 is 9.53 Å². The second-order valence-electron chi connectivity index (χ2n) is 5.72. The van der Waals surface area contributed by atoms with Crippen LogP contribution in [0.5, 0.6) is 0 Å². The molecule has 22 heavy (non-hydrogen) atoms. The summed E-state index contributed by atoms with van der Waals surface area (Å²) in [6, 6.07) is 15.8. The summed E-state index contributed by atoms with van der Waals surface area (Å²) in [5, 5.41) is 7.03. The maximum Gasteiger partial charge on any atom is 0.338 e. The van der Waals surface area contributed by atoms with Crippen molar-refractivity contribution in [2.45, 2.75) is 25.9 Å². The Hall–Kier alpha value is -2.49. The van der Waals surface area contributed by atoms with Gasteiger partial charge in [0.1, 0.15) is 5.66 Å². The zero-order chi connectivity index (χ0) is 15.6. The summed E-state index contributed by atoms with van der Waals surface area (Å²) in [5.74, 6) is -0.273. The van der Waals surface area contributed by atoms with Crippen molar-refractivity contribution in [3.63, 3.8) is 0 Å². The van der Waals surface area contributed by atoms with Gasteiger partial charge in [-0.25, -0.2) is 4.79 Å². The molecule has 1 aliphatic heterocycles. The van der Waals surface area contributed by atoms with Gasteiger partial charge in [0.05, 0.1) is 23.5 Å². The van der Waals surface area contributed by atoms with Crippen LogP contribution in [-0.2, 0) is 11.2 Å². The molecule has 0 amide bonds. The first-order valence-electron chi connectivity index (χ1n) is 7.51. The van der Waals surface area contributed by atoms with Gasteiger partial charge in [0.25, 0.3) is 0 Å². The average Bonchev–Trinajstić information content (AvgIpc) is 2.83. The van der Waals surface area contributed by atoms with Gasteiger partial charge in [0, 0.05) is 6.42 Å². The number of anilines is 2. The van der Waals surface area contributed by atoms with E-state index in [0.717, 1.165) is 23.4 Å². The Balaban J connectivity index is 1.70. The number of rotatable bonds is 4. The summed E-state index contributed by atoms with van der Waals surface area (Å²) < 4.78 is 5.00. The fourth-order valence-corrected chi connectivity index (χ4v) is 2.80. The first-order chi connectivity index (χ1) is 10.6. The quantitative estimate of drug-likeness (QED) is 0.845. The smallest absolute Gasteiger partial charge is 0.338 e. The first kappa shape index (κ1) is 14.4. The molecule has 0 bridgehead atoms. The van der Waals surface area contributed by atoms with Crippen LogP contribution in [0, 0.1) is 0 Å². The average molecular weight is 296 g/mol. The van der Waals surface area contributed by atoms with E-state index in [0.29, 0.717) is 12.2 Å². The van der Waals surface area contributed by atoms with Crippen LogP contribution in [0.15, 0.2) is 48.5 Å². The largest absolute Gasteiger partial charge is 0.462 e. The van der Waals surface area contributed by atoms with Crippen LogP contribution in [0.3, 0.4) is 0 Å². The molecule has 2 N–H and O–H groups in total. The summed E-state index contributed by atoms with van der Waals surface area (Å²) in [6.07, 6.45) is 0.810. The third-order valence-corrected chi connectivity index (χ3v) is 3.77. The highest BCUT2D eigenvalue weighted by Crippen LogP contribution is 2.34. The van der Waals surface area contributed by atoms with Crippen LogP contribution in [-0.4, -0.2) is 18.2 Å². The Morgan fingerprint density at radius 3 is 2.18 bits per heavy atom. The third-order valence-electron chi connectivity index (χ3n) is 3.77. The van der Waals surface area contributed by atoms with Crippen LogP contribution < -0.4 is 10.6 Å². The number of hydrogen-bond acceptors (Lipinski definition) is 4. The van der Waals surface area contributed by atoms with E-state index in [1.54, 1.807) is 0 Å². The minimum Gasteiger partial charge on any atom is -0.462 e. The highest BCUT2D eigenvalue weighted by Gasteiger charge is 2.31. The molecule has 0 radical (unpaired) electrons. The number of esters is 1. The predicted octanol–water partition coefficient (Wildman–Crippen LogP) is 3.66. The molecule has 1 heterocycles. The van der Waals surface area contributed by atoms with Crippen molar-refractivity contribution in [1.29, 1.82) is 0 Å². The van der Waals surface area contributed by atoms with Crippen molar-refractivity contribution in [1.82, 2.24) is 0 Å². The summed E-state index contributed by atoms with van der Waals surface area (Å²) in [4.78, 5) is 11.7. The number of ether oxygens (including phenoxy) is 1. The number of carbonyl (C=O) groups excluding carboxylic acids is 1. The molecular weight excluding hydrogens is 276 g/mol. The lowest BCUT2D eigenvalue weighted by molar-refractivity contribution is 0.0526. The van der Waals surface area contributed by atoms with E-state index in [1.165, 1.54) is 0 Å². The van der Waals surface area contributed by atoms with E-state index in [9.17, 15) is 4.79 Å². The lowest BCUT2D eigenvalue weighted by Crippen LogP contribution is -2.40. The maximum atomic E-state index is 11.7. The fourth-order valence-electron chi connectivity index (χ4n) is 2.80. The molecule has 3 rings (SSSR count). The Morgan fingerprint density at radius 2 is 1.64 bits per heavy atom. The molecule has 4 heteroatoms. The number of nitrogens with one attached hydrogen (secondary N) is 2. The Labute approximate surface area is 130 Å². The van der Waals surface area contributed by atoms with E-state index in [-0.39, 0.29) is 11.6 Å². The van der Waals surface area contributed by atoms with Gasteiger partial charge < -0.3 is 15.4 Å². The monoisotopic (exact) mass is 296 g/mol. The summed E-state index contributed by atoms with van der Waals surface area (Å²) >= 11 is 0. The van der Waals surface area contributed by atoms with Gasteiger partial charge in [-0.3, -0.25) is 0 Å². The van der Waals surface area contributed by atoms with E-state index in [2.05, 4.69) is 29.7 Å². The normalized spacial score (nSPS) is 14.6. The minimum atomic E-state index is -0.273. The lowest BCUT2D eigenvalue weighted by atomic mass is 10.0. The van der Waals surface area contributed by atoms with Crippen LogP contribution in [0.4, 0.5) is 11.4 Å². The Bertz CT molecular complexity index is 655. The van der Waals surface area contributed by atoms with Crippen LogP contribution in [0.2, 0.25) is 0 Å². The van der Waals surface area contributed by atoms with Crippen molar-refractivity contribution in [3.8, 4) is 0 Å². The molecule has 0 aromatic heterocycles. The molecule has 2 aromatic rings. The van der Waals surface area contributed by atoms with Crippen molar-refractivity contribution >= 4 is 17.3 Å². The molecule has 0 saturated heterocycles. The number of fused-ring (bicyclic) bond motifs is 1. The topological polar surface area (TPSA) is 50.4 Å². The fraction of sp³-hybridized carbons (Fsp3) is 0.278. The molecule has 0 aliphatic carbocycles. The number of para-hydroxylation sites is 2. The zero-order valence-electron chi connectivity index (χ0n) is 12.8. The lowest BCUT2D eigenvalue weighted by Gasteiger charge is -2.26. The second kappa shape index (κ2) is 5.72. The highest BCUT2D eigenvalue weighted by atomic mass is 16.5. The van der Waals surface area contributed by atoms with Gasteiger partial charge in [0.15, 0.2) is 0 Å². The van der Waals surface area contributed by atoms with E-state index in [1.807, 2.05) is 43.3 Å². The van der Waals surface area contributed by atoms with Crippen LogP contribution >= 0.6 is 0 Å². The van der Waals surface area contributed by atoms with Crippen molar-refractivity contribution in [3.05, 3.63) is 59.7 Å². The molecule has 0 unspecified atom stereocenters. The van der Waals surface area contributed by atoms with Crippen LogP contribution in [0.25, 0.3) is 0 Å². The van der Waals surface area contributed by atoms with Gasteiger partial charge in [-0.1, -0.05) is 24.3 Å². The van der Waals surface area contributed by atoms with Gasteiger partial charge >= 0.3 is 5.97 Å². The van der Waals surface area contributed by atoms with Gasteiger partial charge in [-0.05, 0) is 43.7 Å². The molecular formula is C18H20N2O2. The maximum absolute atomic E-state index is 11.7. The Kier molecular flexibility index (Phi) is 3.75. The highest BCUT2D eigenvalue weighted by molar-refractivity contribution is 5.89. The van der Waals surface area contributed by atoms with Gasteiger partial charge in [-0.2, -0.15) is 0 Å². The minimum absolute atomic E-state index is 0.227. The van der Waals surface area contributed by atoms with Crippen molar-refractivity contribution in [2.75, 3.05) is 17.2 Å². The molecule has 0 spiro atoms. The molecule has 0 saturated carbocycles. The standard InChI is InChI=1S/C18H20N2O2/c1-3-22-17(21)14-10-8-13(9-11-14)12-18(2)19-15-6-4-5-7-16(15)20-18/h4-11,19-20H,3,12H2,1-2H3. The van der Waals surface area contributed by atoms with Crippen LogP contribution in [0.1, 0.15) is 29.8 Å². The Morgan fingerprint density at radius 1 is 1.05 bits per heavy atom. The molecule has 0 fully saturated rings. The van der Waals surface area contributed by atoms with Gasteiger partial charge in [-0.15, -0.1) is 0 Å². The first-order valence-corrected chi connectivity index (χ1v) is 7.51. The SMILES string of the molecule is CCOC(=O)c1ccc(CC2(C)Nc3ccccc3N2)cc1. The predicted molar refractivity (Wildman–Crippen MR) is 88.2 cm³/mol. The second-order valence-corrected chi connectivity index (χ2v) is 5.72. The van der Waals surface area contributed by atoms with E-state index >= 15 is 0 Å². The zero-order valence-corrected chi connectivity index (χ0v) is 12.8. The van der Waals surface area contributed by atoms with Crippen molar-refractivity contribution in [2.24, 2.45) is 0 Å². The van der Waals surface area contributed by atoms with E-state index in [4.69, 9.17) is 4.74 Å².